The van der Waals surface area contributed by atoms with Crippen LogP contribution >= 0.6 is 0 Å². The van der Waals surface area contributed by atoms with E-state index in [0.717, 1.165) is 23.9 Å². The number of likely N-dealkylation sites (tertiary alicyclic amines) is 2. The van der Waals surface area contributed by atoms with E-state index < -0.39 is 0 Å². The molecule has 19 heavy (non-hydrogen) atoms. The normalized spacial score (nSPS) is 23.2. The van der Waals surface area contributed by atoms with E-state index in [9.17, 15) is 0 Å². The lowest BCUT2D eigenvalue weighted by Gasteiger charge is -2.33. The van der Waals surface area contributed by atoms with E-state index in [-0.39, 0.29) is 0 Å². The van der Waals surface area contributed by atoms with Crippen LogP contribution in [0.15, 0.2) is 10.6 Å². The number of rotatable bonds is 4. The molecule has 2 aliphatic rings. The van der Waals surface area contributed by atoms with Gasteiger partial charge in [-0.2, -0.15) is 0 Å². The summed E-state index contributed by atoms with van der Waals surface area (Å²) in [6, 6.07) is 2.05. The molecular weight excluding hydrogens is 238 g/mol. The average molecular weight is 263 g/mol. The molecule has 0 aliphatic carbocycles. The minimum absolute atomic E-state index is 0.908. The predicted octanol–water partition coefficient (Wildman–Crippen LogP) is 2.29. The van der Waals surface area contributed by atoms with Crippen LogP contribution in [-0.4, -0.2) is 47.7 Å². The molecule has 2 fully saturated rings. The third-order valence-electron chi connectivity index (χ3n) is 4.48. The molecule has 0 radical (unpaired) electrons. The minimum Gasteiger partial charge on any atom is -0.360 e. The van der Waals surface area contributed by atoms with Crippen molar-refractivity contribution in [2.75, 3.05) is 32.7 Å². The lowest BCUT2D eigenvalue weighted by molar-refractivity contribution is 0.139. The van der Waals surface area contributed by atoms with Crippen molar-refractivity contribution in [2.45, 2.75) is 39.2 Å². The van der Waals surface area contributed by atoms with Gasteiger partial charge in [-0.25, -0.2) is 0 Å². The zero-order chi connectivity index (χ0) is 13.1. The van der Waals surface area contributed by atoms with Gasteiger partial charge in [-0.05, 0) is 64.7 Å². The van der Waals surface area contributed by atoms with Crippen LogP contribution in [0.1, 0.15) is 37.1 Å². The zero-order valence-electron chi connectivity index (χ0n) is 12.0. The van der Waals surface area contributed by atoms with Crippen molar-refractivity contribution in [1.82, 2.24) is 15.0 Å². The summed E-state index contributed by atoms with van der Waals surface area (Å²) >= 11 is 0. The molecule has 2 aliphatic heterocycles. The van der Waals surface area contributed by atoms with E-state index in [1.807, 2.05) is 6.92 Å². The molecule has 0 bridgehead atoms. The molecule has 0 N–H and O–H groups in total. The van der Waals surface area contributed by atoms with Crippen molar-refractivity contribution >= 4 is 0 Å². The molecular formula is C15H25N3O. The van der Waals surface area contributed by atoms with E-state index in [1.54, 1.807) is 0 Å². The topological polar surface area (TPSA) is 32.5 Å². The second-order valence-electron chi connectivity index (χ2n) is 6.16. The lowest BCUT2D eigenvalue weighted by Crippen LogP contribution is -2.37. The fourth-order valence-corrected chi connectivity index (χ4v) is 3.37. The Kier molecular flexibility index (Phi) is 4.18. The number of nitrogens with zero attached hydrogens (tertiary/aromatic N) is 3. The summed E-state index contributed by atoms with van der Waals surface area (Å²) in [6.45, 7) is 9.31. The van der Waals surface area contributed by atoms with E-state index in [2.05, 4.69) is 21.0 Å². The first-order valence-corrected chi connectivity index (χ1v) is 7.66. The SMILES string of the molecule is Cc1cc(CN2CCC(CN3CCCC3)CC2)on1. The Morgan fingerprint density at radius 3 is 2.53 bits per heavy atom. The molecule has 0 amide bonds. The Labute approximate surface area is 115 Å². The van der Waals surface area contributed by atoms with Gasteiger partial charge in [0.25, 0.3) is 0 Å². The van der Waals surface area contributed by atoms with E-state index in [1.165, 1.54) is 58.4 Å². The number of hydrogen-bond donors (Lipinski definition) is 0. The first kappa shape index (κ1) is 13.1. The van der Waals surface area contributed by atoms with Gasteiger partial charge in [0.1, 0.15) is 0 Å². The maximum atomic E-state index is 5.30. The van der Waals surface area contributed by atoms with Crippen LogP contribution in [-0.2, 0) is 6.54 Å². The number of hydrogen-bond acceptors (Lipinski definition) is 4. The number of piperidine rings is 1. The van der Waals surface area contributed by atoms with Gasteiger partial charge in [0.05, 0.1) is 12.2 Å². The van der Waals surface area contributed by atoms with E-state index in [0.29, 0.717) is 0 Å². The molecule has 0 atom stereocenters. The summed E-state index contributed by atoms with van der Waals surface area (Å²) < 4.78 is 5.30. The second kappa shape index (κ2) is 6.06. The highest BCUT2D eigenvalue weighted by Gasteiger charge is 2.23. The van der Waals surface area contributed by atoms with Gasteiger partial charge in [0, 0.05) is 12.6 Å². The Bertz CT molecular complexity index is 390. The average Bonchev–Trinajstić information content (AvgIpc) is 3.04. The number of aromatic nitrogens is 1. The molecule has 3 heterocycles. The lowest BCUT2D eigenvalue weighted by atomic mass is 9.96. The van der Waals surface area contributed by atoms with Crippen molar-refractivity contribution < 1.29 is 4.52 Å². The first-order valence-electron chi connectivity index (χ1n) is 7.66. The van der Waals surface area contributed by atoms with Crippen molar-refractivity contribution in [2.24, 2.45) is 5.92 Å². The third kappa shape index (κ3) is 3.57. The van der Waals surface area contributed by atoms with Gasteiger partial charge in [-0.15, -0.1) is 0 Å². The molecule has 4 nitrogen and oxygen atoms in total. The Morgan fingerprint density at radius 2 is 1.89 bits per heavy atom. The molecule has 1 aromatic rings. The van der Waals surface area contributed by atoms with Gasteiger partial charge >= 0.3 is 0 Å². The second-order valence-corrected chi connectivity index (χ2v) is 6.16. The summed E-state index contributed by atoms with van der Waals surface area (Å²) in [5, 5.41) is 3.96. The smallest absolute Gasteiger partial charge is 0.150 e. The van der Waals surface area contributed by atoms with Gasteiger partial charge in [0.15, 0.2) is 5.76 Å². The van der Waals surface area contributed by atoms with Gasteiger partial charge in [-0.1, -0.05) is 5.16 Å². The third-order valence-corrected chi connectivity index (χ3v) is 4.48. The standard InChI is InChI=1S/C15H25N3O/c1-13-10-15(19-16-13)12-18-8-4-14(5-9-18)11-17-6-2-3-7-17/h10,14H,2-9,11-12H2,1H3. The quantitative estimate of drug-likeness (QED) is 0.834. The van der Waals surface area contributed by atoms with Crippen LogP contribution in [0.5, 0.6) is 0 Å². The van der Waals surface area contributed by atoms with Crippen molar-refractivity contribution in [3.8, 4) is 0 Å². The van der Waals surface area contributed by atoms with Crippen LogP contribution < -0.4 is 0 Å². The maximum absolute atomic E-state index is 5.30. The minimum atomic E-state index is 0.908. The Morgan fingerprint density at radius 1 is 1.16 bits per heavy atom. The molecule has 0 saturated carbocycles. The van der Waals surface area contributed by atoms with Crippen LogP contribution in [0, 0.1) is 12.8 Å². The summed E-state index contributed by atoms with van der Waals surface area (Å²) in [5.41, 5.74) is 0.985. The fourth-order valence-electron chi connectivity index (χ4n) is 3.37. The fraction of sp³-hybridized carbons (Fsp3) is 0.800. The summed E-state index contributed by atoms with van der Waals surface area (Å²) in [6.07, 6.45) is 5.49. The molecule has 0 unspecified atom stereocenters. The molecule has 3 rings (SSSR count). The van der Waals surface area contributed by atoms with Gasteiger partial charge < -0.3 is 9.42 Å². The van der Waals surface area contributed by atoms with Gasteiger partial charge in [-0.3, -0.25) is 4.90 Å². The molecule has 2 saturated heterocycles. The van der Waals surface area contributed by atoms with Gasteiger partial charge in [0.2, 0.25) is 0 Å². The van der Waals surface area contributed by atoms with Crippen molar-refractivity contribution in [3.05, 3.63) is 17.5 Å². The maximum Gasteiger partial charge on any atom is 0.150 e. The molecule has 0 aromatic carbocycles. The van der Waals surface area contributed by atoms with Crippen LogP contribution in [0.4, 0.5) is 0 Å². The molecule has 106 valence electrons. The Balaban J connectivity index is 1.41. The highest BCUT2D eigenvalue weighted by molar-refractivity contribution is 5.03. The van der Waals surface area contributed by atoms with Crippen molar-refractivity contribution in [1.29, 1.82) is 0 Å². The number of aryl methyl sites for hydroxylation is 1. The van der Waals surface area contributed by atoms with E-state index in [4.69, 9.17) is 4.52 Å². The highest BCUT2D eigenvalue weighted by atomic mass is 16.5. The van der Waals surface area contributed by atoms with Crippen LogP contribution in [0.3, 0.4) is 0 Å². The predicted molar refractivity (Wildman–Crippen MR) is 74.9 cm³/mol. The summed E-state index contributed by atoms with van der Waals surface area (Å²) in [4.78, 5) is 5.15. The molecule has 4 heteroatoms. The first-order chi connectivity index (χ1) is 9.29. The monoisotopic (exact) mass is 263 g/mol. The highest BCUT2D eigenvalue weighted by Crippen LogP contribution is 2.21. The van der Waals surface area contributed by atoms with Crippen molar-refractivity contribution in [3.63, 3.8) is 0 Å². The Hall–Kier alpha value is -0.870. The summed E-state index contributed by atoms with van der Waals surface area (Å²) in [7, 11) is 0. The molecule has 0 spiro atoms. The zero-order valence-corrected chi connectivity index (χ0v) is 12.0. The largest absolute Gasteiger partial charge is 0.360 e. The van der Waals surface area contributed by atoms with Crippen LogP contribution in [0.2, 0.25) is 0 Å². The van der Waals surface area contributed by atoms with Crippen LogP contribution in [0.25, 0.3) is 0 Å². The summed E-state index contributed by atoms with van der Waals surface area (Å²) in [5.74, 6) is 1.92. The molecule has 1 aromatic heterocycles. The van der Waals surface area contributed by atoms with E-state index >= 15 is 0 Å².